The molecule has 5 rings (SSSR count). The minimum Gasteiger partial charge on any atom is -0.289 e. The maximum Gasteiger partial charge on any atom is 0.195 e. The van der Waals surface area contributed by atoms with Gasteiger partial charge in [0.15, 0.2) is 11.6 Å². The largest absolute Gasteiger partial charge is 0.289 e. The summed E-state index contributed by atoms with van der Waals surface area (Å²) in [5.41, 5.74) is 4.49. The topological polar surface area (TPSA) is 34.1 Å². The zero-order valence-electron chi connectivity index (χ0n) is 22.7. The monoisotopic (exact) mass is 536 g/mol. The molecule has 0 fully saturated rings. The van der Waals surface area contributed by atoms with Crippen LogP contribution in [0.1, 0.15) is 84.5 Å². The number of carbonyl (C=O) groups is 2. The third-order valence-electron chi connectivity index (χ3n) is 6.86. The molecule has 1 aliphatic carbocycles. The summed E-state index contributed by atoms with van der Waals surface area (Å²) in [7, 11) is 0. The molecule has 4 heteroatoms. The number of benzene rings is 4. The van der Waals surface area contributed by atoms with Crippen LogP contribution in [-0.2, 0) is 10.8 Å². The fourth-order valence-electron chi connectivity index (χ4n) is 4.79. The van der Waals surface area contributed by atoms with E-state index in [2.05, 4.69) is 77.9 Å². The van der Waals surface area contributed by atoms with E-state index in [1.165, 1.54) is 22.9 Å². The molecule has 2 nitrogen and oxygen atoms in total. The van der Waals surface area contributed by atoms with Gasteiger partial charge in [0.25, 0.3) is 0 Å². The van der Waals surface area contributed by atoms with Crippen LogP contribution in [0.25, 0.3) is 0 Å². The van der Waals surface area contributed by atoms with E-state index in [9.17, 15) is 9.59 Å². The molecule has 0 amide bonds. The molecular formula is C34H32O2S2. The molecule has 0 saturated carbocycles. The minimum absolute atomic E-state index is 0.0396. The predicted octanol–water partition coefficient (Wildman–Crippen LogP) is 9.36. The molecule has 0 atom stereocenters. The number of carbonyl (C=O) groups excluding carboxylic acids is 2. The van der Waals surface area contributed by atoms with Crippen molar-refractivity contribution in [2.45, 2.75) is 72.0 Å². The molecule has 38 heavy (non-hydrogen) atoms. The highest BCUT2D eigenvalue weighted by molar-refractivity contribution is 7.99. The Morgan fingerprint density at radius 2 is 1.00 bits per heavy atom. The lowest BCUT2D eigenvalue weighted by Gasteiger charge is -2.24. The van der Waals surface area contributed by atoms with Gasteiger partial charge in [0, 0.05) is 41.8 Å². The Kier molecular flexibility index (Phi) is 6.91. The van der Waals surface area contributed by atoms with Gasteiger partial charge in [-0.05, 0) is 52.3 Å². The summed E-state index contributed by atoms with van der Waals surface area (Å²) in [6, 6.07) is 28.0. The molecule has 1 aliphatic rings. The van der Waals surface area contributed by atoms with Gasteiger partial charge < -0.3 is 0 Å². The van der Waals surface area contributed by atoms with Crippen molar-refractivity contribution in [3.63, 3.8) is 0 Å². The Bertz CT molecular complexity index is 1550. The molecule has 0 aromatic heterocycles. The Labute approximate surface area is 234 Å². The highest BCUT2D eigenvalue weighted by Gasteiger charge is 2.34. The summed E-state index contributed by atoms with van der Waals surface area (Å²) >= 11 is 3.10. The Morgan fingerprint density at radius 1 is 0.500 bits per heavy atom. The summed E-state index contributed by atoms with van der Waals surface area (Å²) in [5, 5.41) is 0. The van der Waals surface area contributed by atoms with Crippen molar-refractivity contribution in [1.82, 2.24) is 0 Å². The second-order valence-corrected chi connectivity index (χ2v) is 13.9. The number of ketones is 2. The molecule has 4 aromatic rings. The zero-order valence-corrected chi connectivity index (χ0v) is 24.3. The van der Waals surface area contributed by atoms with Gasteiger partial charge in [0.2, 0.25) is 0 Å². The van der Waals surface area contributed by atoms with Gasteiger partial charge in [-0.1, -0.05) is 120 Å². The molecule has 0 aliphatic heterocycles. The van der Waals surface area contributed by atoms with Crippen LogP contribution < -0.4 is 0 Å². The van der Waals surface area contributed by atoms with E-state index in [-0.39, 0.29) is 22.4 Å². The average molecular weight is 537 g/mol. The maximum absolute atomic E-state index is 13.9. The van der Waals surface area contributed by atoms with Crippen LogP contribution >= 0.6 is 23.5 Å². The summed E-state index contributed by atoms with van der Waals surface area (Å²) in [4.78, 5) is 31.6. The fraction of sp³-hybridized carbons (Fsp3) is 0.235. The van der Waals surface area contributed by atoms with Crippen molar-refractivity contribution >= 4 is 35.1 Å². The lowest BCUT2D eigenvalue weighted by atomic mass is 9.84. The highest BCUT2D eigenvalue weighted by atomic mass is 32.2. The Morgan fingerprint density at radius 3 is 1.53 bits per heavy atom. The van der Waals surface area contributed by atoms with Gasteiger partial charge in [0.1, 0.15) is 0 Å². The second-order valence-electron chi connectivity index (χ2n) is 11.7. The molecule has 0 unspecified atom stereocenters. The van der Waals surface area contributed by atoms with Gasteiger partial charge in [-0.3, -0.25) is 9.59 Å². The first-order valence-electron chi connectivity index (χ1n) is 12.9. The summed E-state index contributed by atoms with van der Waals surface area (Å²) in [6.07, 6.45) is 0. The van der Waals surface area contributed by atoms with Crippen LogP contribution in [0.2, 0.25) is 0 Å². The van der Waals surface area contributed by atoms with Crippen LogP contribution in [0.4, 0.5) is 0 Å². The van der Waals surface area contributed by atoms with E-state index < -0.39 is 0 Å². The molecule has 0 bridgehead atoms. The Balaban J connectivity index is 1.53. The van der Waals surface area contributed by atoms with Crippen molar-refractivity contribution in [3.8, 4) is 0 Å². The maximum atomic E-state index is 13.9. The first-order chi connectivity index (χ1) is 17.9. The van der Waals surface area contributed by atoms with Crippen molar-refractivity contribution in [1.29, 1.82) is 0 Å². The van der Waals surface area contributed by atoms with E-state index in [0.717, 1.165) is 19.6 Å². The van der Waals surface area contributed by atoms with Crippen LogP contribution in [0.5, 0.6) is 0 Å². The molecule has 0 spiro atoms. The van der Waals surface area contributed by atoms with Crippen LogP contribution in [0, 0.1) is 0 Å². The molecule has 192 valence electrons. The predicted molar refractivity (Wildman–Crippen MR) is 158 cm³/mol. The number of hydrogen-bond acceptors (Lipinski definition) is 4. The van der Waals surface area contributed by atoms with Crippen molar-refractivity contribution in [2.24, 2.45) is 0 Å². The third kappa shape index (κ3) is 5.00. The van der Waals surface area contributed by atoms with E-state index in [1.807, 2.05) is 36.4 Å². The highest BCUT2D eigenvalue weighted by Crippen LogP contribution is 2.43. The third-order valence-corrected chi connectivity index (χ3v) is 9.06. The quantitative estimate of drug-likeness (QED) is 0.229. The van der Waals surface area contributed by atoms with Crippen LogP contribution in [0.15, 0.2) is 105 Å². The number of fused-ring (bicyclic) bond motifs is 2. The summed E-state index contributed by atoms with van der Waals surface area (Å²) in [6.45, 7) is 13.1. The smallest absolute Gasteiger partial charge is 0.195 e. The number of hydrogen-bond donors (Lipinski definition) is 0. The first kappa shape index (κ1) is 26.5. The van der Waals surface area contributed by atoms with E-state index in [0.29, 0.717) is 22.3 Å². The van der Waals surface area contributed by atoms with E-state index in [4.69, 9.17) is 0 Å². The van der Waals surface area contributed by atoms with Crippen LogP contribution in [0.3, 0.4) is 0 Å². The molecular weight excluding hydrogens is 505 g/mol. The first-order valence-corrected chi connectivity index (χ1v) is 14.5. The van der Waals surface area contributed by atoms with Crippen LogP contribution in [-0.4, -0.2) is 11.6 Å². The summed E-state index contributed by atoms with van der Waals surface area (Å²) < 4.78 is 0. The lowest BCUT2D eigenvalue weighted by molar-refractivity contribution is 0.0974. The van der Waals surface area contributed by atoms with E-state index >= 15 is 0 Å². The molecule has 4 aromatic carbocycles. The average Bonchev–Trinajstić information content (AvgIpc) is 2.86. The standard InChI is InChI=1S/C34H32O2S2/c1-33(2,3)21-17-19-22(20-18-21)37-27-15-9-11-23-29(27)31(35)24-12-10-16-28(30(24)32(23)36)38-26-14-8-7-13-25(26)34(4,5)6/h7-20H,1-6H3. The molecule has 0 heterocycles. The molecule has 0 N–H and O–H groups in total. The second kappa shape index (κ2) is 9.91. The van der Waals surface area contributed by atoms with E-state index in [1.54, 1.807) is 23.9 Å². The van der Waals surface area contributed by atoms with Gasteiger partial charge in [0.05, 0.1) is 0 Å². The van der Waals surface area contributed by atoms with Crippen molar-refractivity contribution < 1.29 is 9.59 Å². The van der Waals surface area contributed by atoms with Gasteiger partial charge in [-0.25, -0.2) is 0 Å². The van der Waals surface area contributed by atoms with Gasteiger partial charge >= 0.3 is 0 Å². The fourth-order valence-corrected chi connectivity index (χ4v) is 7.09. The summed E-state index contributed by atoms with van der Waals surface area (Å²) in [5.74, 6) is -0.174. The van der Waals surface area contributed by atoms with Crippen molar-refractivity contribution in [2.75, 3.05) is 0 Å². The van der Waals surface area contributed by atoms with Gasteiger partial charge in [-0.2, -0.15) is 0 Å². The normalized spacial score (nSPS) is 13.3. The van der Waals surface area contributed by atoms with Crippen molar-refractivity contribution in [3.05, 3.63) is 118 Å². The van der Waals surface area contributed by atoms with Gasteiger partial charge in [-0.15, -0.1) is 0 Å². The number of rotatable bonds is 4. The SMILES string of the molecule is CC(C)(C)c1ccc(Sc2cccc3c2C(=O)c2cccc(Sc4ccccc4C(C)(C)C)c2C3=O)cc1. The lowest BCUT2D eigenvalue weighted by Crippen LogP contribution is -2.22. The minimum atomic E-state index is -0.0874. The zero-order chi connectivity index (χ0) is 27.2. The Hall–Kier alpha value is -3.08. The molecule has 0 radical (unpaired) electrons. The molecule has 0 saturated heterocycles.